The molecule has 1 amide bonds. The molecule has 0 spiro atoms. The average Bonchev–Trinajstić information content (AvgIpc) is 2.98. The van der Waals surface area contributed by atoms with E-state index in [1.54, 1.807) is 18.5 Å². The Morgan fingerprint density at radius 1 is 1.30 bits per heavy atom. The second-order valence-corrected chi connectivity index (χ2v) is 6.45. The number of H-pyrrole nitrogens is 1. The molecule has 0 unspecified atom stereocenters. The van der Waals surface area contributed by atoms with Gasteiger partial charge in [-0.05, 0) is 43.9 Å². The fraction of sp³-hybridized carbons (Fsp3) is 0.176. The molecule has 5 nitrogen and oxygen atoms in total. The summed E-state index contributed by atoms with van der Waals surface area (Å²) in [6, 6.07) is 9.43. The number of halogens is 1. The van der Waals surface area contributed by atoms with Crippen LogP contribution in [0, 0.1) is 0 Å². The van der Waals surface area contributed by atoms with Gasteiger partial charge in [-0.15, -0.1) is 0 Å². The van der Waals surface area contributed by atoms with Crippen LogP contribution in [0.2, 0.25) is 0 Å². The number of rotatable bonds is 4. The first-order valence-corrected chi connectivity index (χ1v) is 8.00. The highest BCUT2D eigenvalue weighted by molar-refractivity contribution is 9.10. The number of fused-ring (bicyclic) bond motifs is 1. The Balaban J connectivity index is 1.83. The molecule has 0 fully saturated rings. The molecule has 0 atom stereocenters. The molecule has 0 saturated carbocycles. The van der Waals surface area contributed by atoms with Crippen molar-refractivity contribution in [3.05, 3.63) is 58.3 Å². The van der Waals surface area contributed by atoms with Crippen molar-refractivity contribution in [2.24, 2.45) is 0 Å². The fourth-order valence-corrected chi connectivity index (χ4v) is 2.96. The largest absolute Gasteiger partial charge is 0.346 e. The second-order valence-electron chi connectivity index (χ2n) is 5.60. The third kappa shape index (κ3) is 3.43. The first-order chi connectivity index (χ1) is 11.0. The number of nitrogens with one attached hydrogen (secondary N) is 2. The van der Waals surface area contributed by atoms with Gasteiger partial charge in [-0.3, -0.25) is 4.79 Å². The molecular weight excluding hydrogens is 356 g/mol. The number of nitrogens with zero attached hydrogens (tertiary/aromatic N) is 2. The smallest absolute Gasteiger partial charge is 0.256 e. The molecule has 2 aromatic heterocycles. The minimum absolute atomic E-state index is 0.149. The van der Waals surface area contributed by atoms with E-state index < -0.39 is 0 Å². The van der Waals surface area contributed by atoms with Crippen LogP contribution in [-0.4, -0.2) is 34.9 Å². The van der Waals surface area contributed by atoms with Crippen LogP contribution >= 0.6 is 15.9 Å². The summed E-state index contributed by atoms with van der Waals surface area (Å²) in [7, 11) is 4.04. The van der Waals surface area contributed by atoms with Gasteiger partial charge >= 0.3 is 0 Å². The molecule has 1 aromatic carbocycles. The summed E-state index contributed by atoms with van der Waals surface area (Å²) < 4.78 is 0.977. The number of amides is 1. The first kappa shape index (κ1) is 15.7. The molecule has 0 saturated heterocycles. The summed E-state index contributed by atoms with van der Waals surface area (Å²) in [6.07, 6.45) is 3.41. The van der Waals surface area contributed by atoms with E-state index in [4.69, 9.17) is 0 Å². The molecule has 118 valence electrons. The minimum atomic E-state index is -0.149. The maximum absolute atomic E-state index is 12.5. The van der Waals surface area contributed by atoms with E-state index in [0.717, 1.165) is 22.1 Å². The third-order valence-electron chi connectivity index (χ3n) is 3.50. The van der Waals surface area contributed by atoms with Crippen LogP contribution in [-0.2, 0) is 6.54 Å². The quantitative estimate of drug-likeness (QED) is 0.734. The van der Waals surface area contributed by atoms with Gasteiger partial charge < -0.3 is 15.2 Å². The topological polar surface area (TPSA) is 61.0 Å². The maximum Gasteiger partial charge on any atom is 0.256 e. The lowest BCUT2D eigenvalue weighted by Crippen LogP contribution is -2.13. The van der Waals surface area contributed by atoms with E-state index in [-0.39, 0.29) is 5.91 Å². The summed E-state index contributed by atoms with van der Waals surface area (Å²) in [5, 5.41) is 3.75. The molecule has 3 rings (SSSR count). The van der Waals surface area contributed by atoms with Gasteiger partial charge in [0.25, 0.3) is 5.91 Å². The number of hydrogen-bond acceptors (Lipinski definition) is 3. The molecule has 2 heterocycles. The number of anilines is 1. The van der Waals surface area contributed by atoms with E-state index in [9.17, 15) is 4.79 Å². The van der Waals surface area contributed by atoms with Crippen molar-refractivity contribution in [2.75, 3.05) is 19.4 Å². The lowest BCUT2D eigenvalue weighted by molar-refractivity contribution is 0.102. The van der Waals surface area contributed by atoms with Crippen LogP contribution in [0.1, 0.15) is 15.9 Å². The summed E-state index contributed by atoms with van der Waals surface area (Å²) in [5.74, 6) is -0.149. The Kier molecular flexibility index (Phi) is 4.45. The molecule has 6 heteroatoms. The van der Waals surface area contributed by atoms with Crippen LogP contribution < -0.4 is 5.32 Å². The van der Waals surface area contributed by atoms with Crippen LogP contribution in [0.5, 0.6) is 0 Å². The van der Waals surface area contributed by atoms with Gasteiger partial charge in [0, 0.05) is 34.5 Å². The predicted octanol–water partition coefficient (Wildman–Crippen LogP) is 3.64. The Bertz CT molecular complexity index is 857. The van der Waals surface area contributed by atoms with Gasteiger partial charge in [-0.1, -0.05) is 22.0 Å². The van der Waals surface area contributed by atoms with Gasteiger partial charge in [0.2, 0.25) is 0 Å². The molecule has 23 heavy (non-hydrogen) atoms. The van der Waals surface area contributed by atoms with E-state index in [1.165, 1.54) is 5.56 Å². The molecular formula is C17H17BrN4O. The zero-order valence-corrected chi connectivity index (χ0v) is 14.5. The van der Waals surface area contributed by atoms with Crippen LogP contribution in [0.3, 0.4) is 0 Å². The standard InChI is InChI=1S/C17H17BrN4O/c1-22(2)10-11-3-4-12(9-15(11)18)21-17(23)14-6-8-20-16-13(14)5-7-19-16/h3-9H,10H2,1-2H3,(H,19,20)(H,21,23). The Labute approximate surface area is 142 Å². The van der Waals surface area contributed by atoms with Crippen molar-refractivity contribution in [3.63, 3.8) is 0 Å². The Hall–Kier alpha value is -2.18. The van der Waals surface area contributed by atoms with Gasteiger partial charge in [-0.2, -0.15) is 0 Å². The van der Waals surface area contributed by atoms with Crippen molar-refractivity contribution < 1.29 is 4.79 Å². The van der Waals surface area contributed by atoms with Crippen molar-refractivity contribution in [2.45, 2.75) is 6.54 Å². The lowest BCUT2D eigenvalue weighted by Gasteiger charge is -2.13. The van der Waals surface area contributed by atoms with E-state index in [2.05, 4.69) is 36.1 Å². The zero-order chi connectivity index (χ0) is 16.4. The van der Waals surface area contributed by atoms with Crippen LogP contribution in [0.25, 0.3) is 11.0 Å². The summed E-state index contributed by atoms with van der Waals surface area (Å²) in [4.78, 5) is 21.8. The minimum Gasteiger partial charge on any atom is -0.346 e. The van der Waals surface area contributed by atoms with Crippen molar-refractivity contribution in [1.82, 2.24) is 14.9 Å². The van der Waals surface area contributed by atoms with Crippen molar-refractivity contribution >= 4 is 38.6 Å². The Morgan fingerprint density at radius 3 is 2.87 bits per heavy atom. The number of carbonyl (C=O) groups is 1. The monoisotopic (exact) mass is 372 g/mol. The molecule has 0 aliphatic carbocycles. The number of aromatic amines is 1. The normalized spacial score (nSPS) is 11.1. The van der Waals surface area contributed by atoms with Crippen molar-refractivity contribution in [3.8, 4) is 0 Å². The summed E-state index contributed by atoms with van der Waals surface area (Å²) in [6.45, 7) is 0.836. The Morgan fingerprint density at radius 2 is 2.13 bits per heavy atom. The fourth-order valence-electron chi connectivity index (χ4n) is 2.45. The lowest BCUT2D eigenvalue weighted by atomic mass is 10.1. The van der Waals surface area contributed by atoms with Crippen LogP contribution in [0.15, 0.2) is 47.2 Å². The molecule has 0 aliphatic heterocycles. The molecule has 0 aliphatic rings. The van der Waals surface area contributed by atoms with E-state index in [0.29, 0.717) is 11.2 Å². The van der Waals surface area contributed by atoms with Gasteiger partial charge in [-0.25, -0.2) is 4.98 Å². The van der Waals surface area contributed by atoms with Crippen LogP contribution in [0.4, 0.5) is 5.69 Å². The highest BCUT2D eigenvalue weighted by Crippen LogP contribution is 2.23. The summed E-state index contributed by atoms with van der Waals surface area (Å²) >= 11 is 3.56. The zero-order valence-electron chi connectivity index (χ0n) is 12.9. The highest BCUT2D eigenvalue weighted by atomic mass is 79.9. The van der Waals surface area contributed by atoms with E-state index >= 15 is 0 Å². The van der Waals surface area contributed by atoms with Gasteiger partial charge in [0.15, 0.2) is 0 Å². The third-order valence-corrected chi connectivity index (χ3v) is 4.24. The average molecular weight is 373 g/mol. The molecule has 0 bridgehead atoms. The number of aromatic nitrogens is 2. The molecule has 2 N–H and O–H groups in total. The molecule has 0 radical (unpaired) electrons. The predicted molar refractivity (Wildman–Crippen MR) is 95.6 cm³/mol. The first-order valence-electron chi connectivity index (χ1n) is 7.21. The molecule has 3 aromatic rings. The maximum atomic E-state index is 12.5. The van der Waals surface area contributed by atoms with Gasteiger partial charge in [0.05, 0.1) is 5.56 Å². The highest BCUT2D eigenvalue weighted by Gasteiger charge is 2.12. The SMILES string of the molecule is CN(C)Cc1ccc(NC(=O)c2ccnc3[nH]ccc23)cc1Br. The second kappa shape index (κ2) is 6.52. The number of hydrogen-bond donors (Lipinski definition) is 2. The van der Waals surface area contributed by atoms with Gasteiger partial charge in [0.1, 0.15) is 5.65 Å². The number of pyridine rings is 1. The summed E-state index contributed by atoms with van der Waals surface area (Å²) in [5.41, 5.74) is 3.24. The number of carbonyl (C=O) groups excluding carboxylic acids is 1. The van der Waals surface area contributed by atoms with Crippen molar-refractivity contribution in [1.29, 1.82) is 0 Å². The number of benzene rings is 1. The van der Waals surface area contributed by atoms with E-state index in [1.807, 2.05) is 38.4 Å².